The lowest BCUT2D eigenvalue weighted by atomic mass is 9.46. The zero-order chi connectivity index (χ0) is 14.7. The van der Waals surface area contributed by atoms with Crippen molar-refractivity contribution < 1.29 is 4.79 Å². The molecule has 114 valence electrons. The number of nitrogens with one attached hydrogen (secondary N) is 1. The molecule has 4 fully saturated rings. The maximum absolute atomic E-state index is 12.0. The first-order valence-corrected chi connectivity index (χ1v) is 8.00. The number of nitrogens with zero attached hydrogens (tertiary/aromatic N) is 4. The molecule has 5 rings (SSSR count). The van der Waals surface area contributed by atoms with Crippen molar-refractivity contribution in [1.82, 2.24) is 25.5 Å². The predicted molar refractivity (Wildman–Crippen MR) is 76.3 cm³/mol. The average molecular weight is 289 g/mol. The van der Waals surface area contributed by atoms with Gasteiger partial charge in [0.05, 0.1) is 5.54 Å². The summed E-state index contributed by atoms with van der Waals surface area (Å²) in [5, 5.41) is 15.7. The van der Waals surface area contributed by atoms with Gasteiger partial charge < -0.3 is 5.32 Å². The molecule has 0 spiro atoms. The topological polar surface area (TPSA) is 72.7 Å². The van der Waals surface area contributed by atoms with Gasteiger partial charge in [-0.1, -0.05) is 0 Å². The van der Waals surface area contributed by atoms with E-state index in [0.717, 1.165) is 36.9 Å². The summed E-state index contributed by atoms with van der Waals surface area (Å²) in [5.74, 6) is 2.37. The Morgan fingerprint density at radius 3 is 2.62 bits per heavy atom. The molecule has 1 amide bonds. The van der Waals surface area contributed by atoms with Crippen LogP contribution in [-0.4, -0.2) is 33.2 Å². The Labute approximate surface area is 124 Å². The largest absolute Gasteiger partial charge is 0.359 e. The zero-order valence-electron chi connectivity index (χ0n) is 12.8. The molecule has 4 aliphatic carbocycles. The van der Waals surface area contributed by atoms with Crippen LogP contribution in [0.2, 0.25) is 0 Å². The highest BCUT2D eigenvalue weighted by molar-refractivity contribution is 5.76. The Hall–Kier alpha value is -1.46. The van der Waals surface area contributed by atoms with Crippen molar-refractivity contribution in [2.24, 2.45) is 17.3 Å². The van der Waals surface area contributed by atoms with E-state index >= 15 is 0 Å². The molecule has 4 saturated carbocycles. The Kier molecular flexibility index (Phi) is 2.69. The summed E-state index contributed by atoms with van der Waals surface area (Å²) in [6.45, 7) is 1.89. The number of amides is 1. The van der Waals surface area contributed by atoms with Gasteiger partial charge in [0.25, 0.3) is 0 Å². The third-order valence-corrected chi connectivity index (χ3v) is 5.90. The summed E-state index contributed by atoms with van der Waals surface area (Å²) >= 11 is 0. The lowest BCUT2D eigenvalue weighted by Gasteiger charge is -2.61. The highest BCUT2D eigenvalue weighted by Gasteiger charge is 2.59. The minimum atomic E-state index is 0.0133. The second kappa shape index (κ2) is 4.27. The fraction of sp³-hybridized carbons (Fsp3) is 0.867. The van der Waals surface area contributed by atoms with Crippen LogP contribution in [0.4, 0.5) is 0 Å². The first-order chi connectivity index (χ1) is 10.0. The molecule has 2 unspecified atom stereocenters. The Morgan fingerprint density at radius 2 is 2.05 bits per heavy atom. The molecule has 1 heterocycles. The second-order valence-corrected chi connectivity index (χ2v) is 7.66. The van der Waals surface area contributed by atoms with Crippen LogP contribution in [0.15, 0.2) is 0 Å². The lowest BCUT2D eigenvalue weighted by molar-refractivity contribution is -0.138. The smallest absolute Gasteiger partial charge is 0.220 e. The number of rotatable bonds is 3. The van der Waals surface area contributed by atoms with Crippen molar-refractivity contribution >= 4 is 5.91 Å². The monoisotopic (exact) mass is 289 g/mol. The van der Waals surface area contributed by atoms with Crippen LogP contribution in [0.5, 0.6) is 0 Å². The van der Waals surface area contributed by atoms with Crippen LogP contribution in [0.3, 0.4) is 0 Å². The van der Waals surface area contributed by atoms with Crippen LogP contribution < -0.4 is 5.32 Å². The van der Waals surface area contributed by atoms with E-state index in [4.69, 9.17) is 0 Å². The third-order valence-electron chi connectivity index (χ3n) is 5.90. The molecule has 6 heteroatoms. The fourth-order valence-corrected chi connectivity index (χ4v) is 5.76. The van der Waals surface area contributed by atoms with E-state index in [-0.39, 0.29) is 16.9 Å². The van der Waals surface area contributed by atoms with Gasteiger partial charge in [0, 0.05) is 13.5 Å². The molecular formula is C15H23N5O. The molecule has 4 bridgehead atoms. The normalized spacial score (nSPS) is 40.5. The third kappa shape index (κ3) is 1.99. The number of aryl methyl sites for hydroxylation is 1. The highest BCUT2D eigenvalue weighted by Crippen LogP contribution is 2.64. The van der Waals surface area contributed by atoms with Crippen molar-refractivity contribution in [1.29, 1.82) is 0 Å². The highest BCUT2D eigenvalue weighted by atomic mass is 16.1. The molecule has 6 nitrogen and oxygen atoms in total. The molecule has 1 aromatic rings. The zero-order valence-corrected chi connectivity index (χ0v) is 12.8. The van der Waals surface area contributed by atoms with Crippen LogP contribution in [0.25, 0.3) is 0 Å². The van der Waals surface area contributed by atoms with E-state index in [0.29, 0.717) is 6.42 Å². The van der Waals surface area contributed by atoms with Gasteiger partial charge in [-0.25, -0.2) is 0 Å². The van der Waals surface area contributed by atoms with Crippen molar-refractivity contribution in [3.63, 3.8) is 0 Å². The predicted octanol–water partition coefficient (Wildman–Crippen LogP) is 1.41. The maximum atomic E-state index is 12.0. The maximum Gasteiger partial charge on any atom is 0.220 e. The molecule has 21 heavy (non-hydrogen) atoms. The molecule has 2 atom stereocenters. The quantitative estimate of drug-likeness (QED) is 0.913. The van der Waals surface area contributed by atoms with Crippen LogP contribution in [-0.2, 0) is 10.3 Å². The number of carbonyl (C=O) groups excluding carboxylic acids is 1. The van der Waals surface area contributed by atoms with Gasteiger partial charge in [-0.05, 0) is 67.9 Å². The summed E-state index contributed by atoms with van der Waals surface area (Å²) in [4.78, 5) is 13.9. The van der Waals surface area contributed by atoms with E-state index < -0.39 is 0 Å². The molecule has 1 N–H and O–H groups in total. The SMILES string of the molecule is CNC(=O)CC12CC3CC(C1)CC(n1nnc(C)n1)(C3)C2. The van der Waals surface area contributed by atoms with E-state index in [1.54, 1.807) is 7.05 Å². The Bertz CT molecular complexity index is 566. The molecular weight excluding hydrogens is 266 g/mol. The van der Waals surface area contributed by atoms with Gasteiger partial charge in [-0.15, -0.1) is 10.2 Å². The molecule has 1 aromatic heterocycles. The van der Waals surface area contributed by atoms with Crippen molar-refractivity contribution in [3.05, 3.63) is 5.82 Å². The Morgan fingerprint density at radius 1 is 1.33 bits per heavy atom. The summed E-state index contributed by atoms with van der Waals surface area (Å²) < 4.78 is 0. The molecule has 0 aromatic carbocycles. The number of hydrogen-bond acceptors (Lipinski definition) is 4. The van der Waals surface area contributed by atoms with Gasteiger partial charge in [-0.3, -0.25) is 4.79 Å². The van der Waals surface area contributed by atoms with E-state index in [1.165, 1.54) is 19.3 Å². The second-order valence-electron chi connectivity index (χ2n) is 7.66. The fourth-order valence-electron chi connectivity index (χ4n) is 5.76. The number of aromatic nitrogens is 4. The molecule has 0 aliphatic heterocycles. The number of hydrogen-bond donors (Lipinski definition) is 1. The van der Waals surface area contributed by atoms with E-state index in [9.17, 15) is 4.79 Å². The average Bonchev–Trinajstić information content (AvgIpc) is 2.84. The number of tetrazole rings is 1. The summed E-state index contributed by atoms with van der Waals surface area (Å²) in [7, 11) is 1.74. The number of carbonyl (C=O) groups is 1. The van der Waals surface area contributed by atoms with E-state index in [2.05, 4.69) is 20.7 Å². The van der Waals surface area contributed by atoms with Crippen molar-refractivity contribution in [2.75, 3.05) is 7.05 Å². The van der Waals surface area contributed by atoms with E-state index in [1.807, 2.05) is 11.7 Å². The van der Waals surface area contributed by atoms with Gasteiger partial charge in [0.15, 0.2) is 5.82 Å². The Balaban J connectivity index is 1.69. The minimum absolute atomic E-state index is 0.0133. The summed E-state index contributed by atoms with van der Waals surface area (Å²) in [6, 6.07) is 0. The van der Waals surface area contributed by atoms with Crippen LogP contribution in [0, 0.1) is 24.2 Å². The first kappa shape index (κ1) is 13.2. The molecule has 0 radical (unpaired) electrons. The molecule has 0 saturated heterocycles. The van der Waals surface area contributed by atoms with Gasteiger partial charge >= 0.3 is 0 Å². The van der Waals surface area contributed by atoms with Crippen LogP contribution in [0.1, 0.15) is 50.8 Å². The van der Waals surface area contributed by atoms with Crippen molar-refractivity contribution in [2.45, 2.75) is 57.4 Å². The van der Waals surface area contributed by atoms with Crippen LogP contribution >= 0.6 is 0 Å². The summed E-state index contributed by atoms with van der Waals surface area (Å²) in [6.07, 6.45) is 7.75. The van der Waals surface area contributed by atoms with Gasteiger partial charge in [0.2, 0.25) is 5.91 Å². The minimum Gasteiger partial charge on any atom is -0.359 e. The van der Waals surface area contributed by atoms with Gasteiger partial charge in [0.1, 0.15) is 0 Å². The van der Waals surface area contributed by atoms with Crippen molar-refractivity contribution in [3.8, 4) is 0 Å². The lowest BCUT2D eigenvalue weighted by Crippen LogP contribution is -2.58. The first-order valence-electron chi connectivity index (χ1n) is 8.00. The summed E-state index contributed by atoms with van der Waals surface area (Å²) in [5.41, 5.74) is 0.172. The molecule has 4 aliphatic rings. The standard InChI is InChI=1S/C15H23N5O/c1-10-17-19-20(18-10)15-6-11-3-12(7-15)5-14(4-11,9-15)8-13(21)16-2/h11-12H,3-9H2,1-2H3,(H,16,21). The van der Waals surface area contributed by atoms with Gasteiger partial charge in [-0.2, -0.15) is 4.80 Å².